The predicted octanol–water partition coefficient (Wildman–Crippen LogP) is 1.47. The molecule has 2 aromatic heterocycles. The highest BCUT2D eigenvalue weighted by Crippen LogP contribution is 2.19. The molecular weight excluding hydrogens is 292 g/mol. The van der Waals surface area contributed by atoms with Gasteiger partial charge in [0.1, 0.15) is 5.82 Å². The Kier molecular flexibility index (Phi) is 4.85. The second-order valence-corrected chi connectivity index (χ2v) is 5.67. The van der Waals surface area contributed by atoms with Crippen molar-refractivity contribution in [2.75, 3.05) is 18.4 Å². The number of hydrogen-bond donors (Lipinski definition) is 1. The smallest absolute Gasteiger partial charge is 0.222 e. The molecule has 7 nitrogen and oxygen atoms in total. The van der Waals surface area contributed by atoms with E-state index >= 15 is 0 Å². The summed E-state index contributed by atoms with van der Waals surface area (Å²) in [5.41, 5.74) is 2.11. The first-order chi connectivity index (χ1) is 11.3. The fourth-order valence-electron chi connectivity index (χ4n) is 2.79. The van der Waals surface area contributed by atoms with Gasteiger partial charge in [0.05, 0.1) is 5.69 Å². The molecule has 1 aliphatic rings. The normalized spacial score (nSPS) is 13.7. The molecule has 23 heavy (non-hydrogen) atoms. The number of anilines is 1. The Morgan fingerprint density at radius 2 is 2.30 bits per heavy atom. The van der Waals surface area contributed by atoms with Crippen LogP contribution in [-0.4, -0.2) is 43.9 Å². The molecule has 0 atom stereocenters. The number of aryl methyl sites for hydroxylation is 1. The van der Waals surface area contributed by atoms with E-state index in [0.717, 1.165) is 49.6 Å². The number of carbonyl (C=O) groups excluding carboxylic acids is 1. The maximum Gasteiger partial charge on any atom is 0.222 e. The van der Waals surface area contributed by atoms with Crippen molar-refractivity contribution in [2.24, 2.45) is 0 Å². The zero-order chi connectivity index (χ0) is 16.1. The average molecular weight is 314 g/mol. The highest BCUT2D eigenvalue weighted by molar-refractivity contribution is 5.76. The van der Waals surface area contributed by atoms with Crippen molar-refractivity contribution in [1.29, 1.82) is 0 Å². The van der Waals surface area contributed by atoms with Crippen molar-refractivity contribution in [3.05, 3.63) is 35.8 Å². The molecule has 0 saturated carbocycles. The van der Waals surface area contributed by atoms with Gasteiger partial charge in [0.15, 0.2) is 0 Å². The highest BCUT2D eigenvalue weighted by atomic mass is 16.2. The largest absolute Gasteiger partial charge is 0.369 e. The number of fused-ring (bicyclic) bond motifs is 1. The van der Waals surface area contributed by atoms with Crippen molar-refractivity contribution >= 4 is 11.7 Å². The van der Waals surface area contributed by atoms with Gasteiger partial charge in [-0.05, 0) is 31.0 Å². The molecule has 2 aromatic rings. The lowest BCUT2D eigenvalue weighted by atomic mass is 10.1. The van der Waals surface area contributed by atoms with Crippen molar-refractivity contribution in [3.8, 4) is 0 Å². The van der Waals surface area contributed by atoms with E-state index in [1.807, 2.05) is 34.8 Å². The summed E-state index contributed by atoms with van der Waals surface area (Å²) in [4.78, 5) is 14.3. The maximum absolute atomic E-state index is 12.4. The number of hydrogen-bond acceptors (Lipinski definition) is 5. The van der Waals surface area contributed by atoms with E-state index in [1.165, 1.54) is 0 Å². The second kappa shape index (κ2) is 7.21. The summed E-state index contributed by atoms with van der Waals surface area (Å²) >= 11 is 0. The summed E-state index contributed by atoms with van der Waals surface area (Å²) in [5, 5.41) is 15.7. The molecule has 122 valence electrons. The molecule has 0 saturated heterocycles. The lowest BCUT2D eigenvalue weighted by molar-refractivity contribution is -0.132. The van der Waals surface area contributed by atoms with Crippen LogP contribution in [0.1, 0.15) is 31.0 Å². The molecule has 1 aliphatic heterocycles. The van der Waals surface area contributed by atoms with Gasteiger partial charge in [-0.1, -0.05) is 0 Å². The molecule has 7 heteroatoms. The van der Waals surface area contributed by atoms with Crippen LogP contribution in [0, 0.1) is 0 Å². The Hall–Kier alpha value is -2.44. The standard InChI is InChI=1S/C16H22N6O/c1-2-17-15-11-13-12-21(10-6-14(13)19-20-15)16(23)5-3-8-22-9-4-7-18-22/h4,7,9,11H,2-3,5-6,8,10,12H2,1H3,(H,17,20). The van der Waals surface area contributed by atoms with Gasteiger partial charge in [-0.25, -0.2) is 0 Å². The van der Waals surface area contributed by atoms with E-state index in [-0.39, 0.29) is 5.91 Å². The molecule has 0 fully saturated rings. The molecule has 0 aliphatic carbocycles. The van der Waals surface area contributed by atoms with Gasteiger partial charge in [0.25, 0.3) is 0 Å². The van der Waals surface area contributed by atoms with Crippen molar-refractivity contribution in [1.82, 2.24) is 24.9 Å². The van der Waals surface area contributed by atoms with Crippen LogP contribution in [0.15, 0.2) is 24.5 Å². The van der Waals surface area contributed by atoms with Crippen LogP contribution in [0.5, 0.6) is 0 Å². The van der Waals surface area contributed by atoms with E-state index in [9.17, 15) is 4.79 Å². The maximum atomic E-state index is 12.4. The number of amides is 1. The zero-order valence-corrected chi connectivity index (χ0v) is 13.4. The molecule has 1 N–H and O–H groups in total. The van der Waals surface area contributed by atoms with Gasteiger partial charge < -0.3 is 10.2 Å². The first kappa shape index (κ1) is 15.5. The van der Waals surface area contributed by atoms with Crippen LogP contribution in [0.2, 0.25) is 0 Å². The Labute approximate surface area is 135 Å². The summed E-state index contributed by atoms with van der Waals surface area (Å²) in [7, 11) is 0. The quantitative estimate of drug-likeness (QED) is 0.874. The third kappa shape index (κ3) is 3.85. The van der Waals surface area contributed by atoms with E-state index in [2.05, 4.69) is 20.6 Å². The van der Waals surface area contributed by atoms with Crippen molar-refractivity contribution in [2.45, 2.75) is 39.3 Å². The van der Waals surface area contributed by atoms with Gasteiger partial charge in [0.2, 0.25) is 5.91 Å². The van der Waals surface area contributed by atoms with Crippen LogP contribution in [0.4, 0.5) is 5.82 Å². The summed E-state index contributed by atoms with van der Waals surface area (Å²) < 4.78 is 1.86. The van der Waals surface area contributed by atoms with Crippen molar-refractivity contribution < 1.29 is 4.79 Å². The monoisotopic (exact) mass is 314 g/mol. The van der Waals surface area contributed by atoms with Crippen molar-refractivity contribution in [3.63, 3.8) is 0 Å². The number of carbonyl (C=O) groups is 1. The fourth-order valence-corrected chi connectivity index (χ4v) is 2.79. The van der Waals surface area contributed by atoms with Crippen LogP contribution in [-0.2, 0) is 24.3 Å². The molecule has 3 rings (SSSR count). The Morgan fingerprint density at radius 3 is 3.09 bits per heavy atom. The summed E-state index contributed by atoms with van der Waals surface area (Å²) in [5.74, 6) is 0.976. The van der Waals surface area contributed by atoms with Gasteiger partial charge in [0, 0.05) is 51.4 Å². The van der Waals surface area contributed by atoms with E-state index in [4.69, 9.17) is 0 Å². The van der Waals surface area contributed by atoms with E-state index in [1.54, 1.807) is 6.20 Å². The minimum Gasteiger partial charge on any atom is -0.369 e. The van der Waals surface area contributed by atoms with Gasteiger partial charge >= 0.3 is 0 Å². The van der Waals surface area contributed by atoms with Gasteiger partial charge in [-0.15, -0.1) is 5.10 Å². The summed E-state index contributed by atoms with van der Waals surface area (Å²) in [6, 6.07) is 3.90. The molecule has 3 heterocycles. The fraction of sp³-hybridized carbons (Fsp3) is 0.500. The van der Waals surface area contributed by atoms with Gasteiger partial charge in [-0.2, -0.15) is 10.2 Å². The van der Waals surface area contributed by atoms with E-state index < -0.39 is 0 Å². The molecule has 0 bridgehead atoms. The van der Waals surface area contributed by atoms with Crippen LogP contribution in [0.3, 0.4) is 0 Å². The summed E-state index contributed by atoms with van der Waals surface area (Å²) in [6.07, 6.45) is 5.81. The third-order valence-corrected chi connectivity index (χ3v) is 3.99. The summed E-state index contributed by atoms with van der Waals surface area (Å²) in [6.45, 7) is 4.96. The molecule has 0 spiro atoms. The van der Waals surface area contributed by atoms with Crippen LogP contribution >= 0.6 is 0 Å². The predicted molar refractivity (Wildman–Crippen MR) is 86.8 cm³/mol. The molecular formula is C16H22N6O. The topological polar surface area (TPSA) is 75.9 Å². The molecule has 0 radical (unpaired) electrons. The minimum atomic E-state index is 0.199. The Morgan fingerprint density at radius 1 is 1.39 bits per heavy atom. The highest BCUT2D eigenvalue weighted by Gasteiger charge is 2.22. The molecule has 1 amide bonds. The first-order valence-electron chi connectivity index (χ1n) is 8.11. The van der Waals surface area contributed by atoms with E-state index in [0.29, 0.717) is 13.0 Å². The van der Waals surface area contributed by atoms with Gasteiger partial charge in [-0.3, -0.25) is 9.48 Å². The SMILES string of the molecule is CCNc1cc2c(nn1)CCN(C(=O)CCCn1cccn1)C2. The molecule has 0 unspecified atom stereocenters. The third-order valence-electron chi connectivity index (χ3n) is 3.99. The first-order valence-corrected chi connectivity index (χ1v) is 8.11. The number of aromatic nitrogens is 4. The van der Waals surface area contributed by atoms with Crippen LogP contribution in [0.25, 0.3) is 0 Å². The zero-order valence-electron chi connectivity index (χ0n) is 13.4. The Balaban J connectivity index is 1.55. The molecule has 0 aromatic carbocycles. The minimum absolute atomic E-state index is 0.199. The Bertz CT molecular complexity index is 655. The average Bonchev–Trinajstić information content (AvgIpc) is 3.08. The van der Waals surface area contributed by atoms with Crippen LogP contribution < -0.4 is 5.32 Å². The lowest BCUT2D eigenvalue weighted by Crippen LogP contribution is -2.36. The number of nitrogens with zero attached hydrogens (tertiary/aromatic N) is 5. The number of rotatable bonds is 6. The lowest BCUT2D eigenvalue weighted by Gasteiger charge is -2.28. The number of nitrogens with one attached hydrogen (secondary N) is 1. The second-order valence-electron chi connectivity index (χ2n) is 5.67.